The molecule has 21 heavy (non-hydrogen) atoms. The van der Waals surface area contributed by atoms with E-state index in [-0.39, 0.29) is 6.04 Å². The van der Waals surface area contributed by atoms with Crippen molar-refractivity contribution in [2.75, 3.05) is 6.54 Å². The van der Waals surface area contributed by atoms with E-state index in [1.807, 2.05) is 30.3 Å². The zero-order chi connectivity index (χ0) is 14.7. The summed E-state index contributed by atoms with van der Waals surface area (Å²) in [5, 5.41) is 4.96. The summed E-state index contributed by atoms with van der Waals surface area (Å²) in [6.45, 7) is 5.15. The van der Waals surface area contributed by atoms with Crippen molar-refractivity contribution in [3.8, 4) is 0 Å². The quantitative estimate of drug-likeness (QED) is 0.770. The maximum atomic E-state index is 5.76. The Kier molecular flexibility index (Phi) is 4.22. The number of fused-ring (bicyclic) bond motifs is 1. The smallest absolute Gasteiger partial charge is 0.263 e. The first-order valence-corrected chi connectivity index (χ1v) is 7.81. The summed E-state index contributed by atoms with van der Waals surface area (Å²) in [5.74, 6) is 0. The molecule has 1 N–H and O–H groups in total. The van der Waals surface area contributed by atoms with Gasteiger partial charge in [0.2, 0.25) is 0 Å². The van der Waals surface area contributed by atoms with Gasteiger partial charge in [0.25, 0.3) is 5.22 Å². The Hall–Kier alpha value is -1.85. The van der Waals surface area contributed by atoms with Crippen LogP contribution >= 0.6 is 11.8 Å². The number of nitrogens with one attached hydrogen (secondary N) is 1. The van der Waals surface area contributed by atoms with Gasteiger partial charge in [-0.1, -0.05) is 25.1 Å². The second kappa shape index (κ2) is 6.28. The Morgan fingerprint density at radius 1 is 1.24 bits per heavy atom. The van der Waals surface area contributed by atoms with Gasteiger partial charge in [-0.05, 0) is 43.4 Å². The maximum Gasteiger partial charge on any atom is 0.263 e. The maximum absolute atomic E-state index is 5.76. The van der Waals surface area contributed by atoms with E-state index in [4.69, 9.17) is 4.42 Å². The first-order valence-electron chi connectivity index (χ1n) is 6.99. The van der Waals surface area contributed by atoms with Crippen molar-refractivity contribution in [1.82, 2.24) is 15.3 Å². The highest BCUT2D eigenvalue weighted by molar-refractivity contribution is 7.99. The van der Waals surface area contributed by atoms with E-state index in [1.165, 1.54) is 11.8 Å². The SMILES string of the molecule is CCNC(C)c1cccnc1Sc1nc2ccccc2o1. The lowest BCUT2D eigenvalue weighted by Crippen LogP contribution is -2.18. The minimum absolute atomic E-state index is 0.246. The van der Waals surface area contributed by atoms with Crippen molar-refractivity contribution >= 4 is 22.9 Å². The standard InChI is InChI=1S/C16H17N3OS/c1-3-17-11(2)12-7-6-10-18-15(12)21-16-19-13-8-4-5-9-14(13)20-16/h4-11,17H,3H2,1-2H3. The molecule has 3 aromatic rings. The van der Waals surface area contributed by atoms with Crippen molar-refractivity contribution in [2.24, 2.45) is 0 Å². The summed E-state index contributed by atoms with van der Waals surface area (Å²) in [6, 6.07) is 12.1. The molecule has 0 radical (unpaired) electrons. The molecule has 1 unspecified atom stereocenters. The third-order valence-electron chi connectivity index (χ3n) is 3.24. The second-order valence-electron chi connectivity index (χ2n) is 4.73. The Balaban J connectivity index is 1.90. The molecule has 5 heteroatoms. The van der Waals surface area contributed by atoms with Gasteiger partial charge in [-0.3, -0.25) is 0 Å². The fourth-order valence-corrected chi connectivity index (χ4v) is 3.13. The van der Waals surface area contributed by atoms with Crippen LogP contribution in [0, 0.1) is 0 Å². The van der Waals surface area contributed by atoms with Crippen molar-refractivity contribution < 1.29 is 4.42 Å². The molecule has 0 aliphatic rings. The first kappa shape index (κ1) is 14.1. The number of oxazole rings is 1. The van der Waals surface area contributed by atoms with Crippen molar-refractivity contribution in [3.05, 3.63) is 48.2 Å². The van der Waals surface area contributed by atoms with Crippen LogP contribution < -0.4 is 5.32 Å². The van der Waals surface area contributed by atoms with Gasteiger partial charge in [-0.2, -0.15) is 0 Å². The lowest BCUT2D eigenvalue weighted by atomic mass is 10.1. The van der Waals surface area contributed by atoms with E-state index in [1.54, 1.807) is 6.20 Å². The van der Waals surface area contributed by atoms with Crippen LogP contribution in [-0.2, 0) is 0 Å². The zero-order valence-electron chi connectivity index (χ0n) is 12.0. The molecule has 2 aromatic heterocycles. The van der Waals surface area contributed by atoms with Crippen LogP contribution in [0.1, 0.15) is 25.5 Å². The van der Waals surface area contributed by atoms with Gasteiger partial charge in [0.15, 0.2) is 5.58 Å². The van der Waals surface area contributed by atoms with E-state index in [0.29, 0.717) is 5.22 Å². The second-order valence-corrected chi connectivity index (χ2v) is 5.67. The molecule has 0 aliphatic carbocycles. The summed E-state index contributed by atoms with van der Waals surface area (Å²) in [5.41, 5.74) is 2.83. The molecule has 0 amide bonds. The van der Waals surface area contributed by atoms with Gasteiger partial charge in [0.05, 0.1) is 0 Å². The Labute approximate surface area is 128 Å². The molecule has 3 rings (SSSR count). The number of pyridine rings is 1. The third-order valence-corrected chi connectivity index (χ3v) is 4.12. The topological polar surface area (TPSA) is 51.0 Å². The average Bonchev–Trinajstić information content (AvgIpc) is 2.90. The largest absolute Gasteiger partial charge is 0.431 e. The molecule has 4 nitrogen and oxygen atoms in total. The fraction of sp³-hybridized carbons (Fsp3) is 0.250. The fourth-order valence-electron chi connectivity index (χ4n) is 2.21. The molecule has 0 saturated carbocycles. The van der Waals surface area contributed by atoms with E-state index < -0.39 is 0 Å². The predicted octanol–water partition coefficient (Wildman–Crippen LogP) is 4.04. The Morgan fingerprint density at radius 2 is 2.10 bits per heavy atom. The van der Waals surface area contributed by atoms with Crippen LogP contribution in [0.15, 0.2) is 57.3 Å². The molecular weight excluding hydrogens is 282 g/mol. The van der Waals surface area contributed by atoms with Crippen LogP contribution in [-0.4, -0.2) is 16.5 Å². The molecule has 2 heterocycles. The summed E-state index contributed by atoms with van der Waals surface area (Å²) >= 11 is 1.47. The van der Waals surface area contributed by atoms with E-state index in [0.717, 1.165) is 28.2 Å². The van der Waals surface area contributed by atoms with Gasteiger partial charge >= 0.3 is 0 Å². The normalized spacial score (nSPS) is 12.7. The molecule has 1 aromatic carbocycles. The number of rotatable bonds is 5. The molecule has 0 fully saturated rings. The van der Waals surface area contributed by atoms with Crippen LogP contribution in [0.2, 0.25) is 0 Å². The summed E-state index contributed by atoms with van der Waals surface area (Å²) in [6.07, 6.45) is 1.80. The monoisotopic (exact) mass is 299 g/mol. The average molecular weight is 299 g/mol. The van der Waals surface area contributed by atoms with Crippen LogP contribution in [0.5, 0.6) is 0 Å². The molecule has 0 spiro atoms. The van der Waals surface area contributed by atoms with Crippen LogP contribution in [0.4, 0.5) is 0 Å². The highest BCUT2D eigenvalue weighted by Crippen LogP contribution is 2.32. The molecule has 0 saturated heterocycles. The van der Waals surface area contributed by atoms with Crippen molar-refractivity contribution in [2.45, 2.75) is 30.1 Å². The predicted molar refractivity (Wildman–Crippen MR) is 84.5 cm³/mol. The molecule has 108 valence electrons. The first-order chi connectivity index (χ1) is 10.3. The Bertz CT molecular complexity index is 708. The van der Waals surface area contributed by atoms with Crippen molar-refractivity contribution in [3.63, 3.8) is 0 Å². The zero-order valence-corrected chi connectivity index (χ0v) is 12.9. The van der Waals surface area contributed by atoms with Crippen molar-refractivity contribution in [1.29, 1.82) is 0 Å². The molecular formula is C16H17N3OS. The summed E-state index contributed by atoms with van der Waals surface area (Å²) in [7, 11) is 0. The highest BCUT2D eigenvalue weighted by Gasteiger charge is 2.14. The number of benzene rings is 1. The number of nitrogens with zero attached hydrogens (tertiary/aromatic N) is 2. The summed E-state index contributed by atoms with van der Waals surface area (Å²) in [4.78, 5) is 8.96. The van der Waals surface area contributed by atoms with E-state index in [2.05, 4.69) is 35.2 Å². The number of para-hydroxylation sites is 2. The Morgan fingerprint density at radius 3 is 2.90 bits per heavy atom. The minimum atomic E-state index is 0.246. The van der Waals surface area contributed by atoms with E-state index >= 15 is 0 Å². The van der Waals surface area contributed by atoms with Gasteiger partial charge in [0.1, 0.15) is 10.5 Å². The van der Waals surface area contributed by atoms with Gasteiger partial charge in [0, 0.05) is 17.8 Å². The van der Waals surface area contributed by atoms with Gasteiger partial charge < -0.3 is 9.73 Å². The molecule has 0 aliphatic heterocycles. The summed E-state index contributed by atoms with van der Waals surface area (Å²) < 4.78 is 5.76. The van der Waals surface area contributed by atoms with Gasteiger partial charge in [-0.25, -0.2) is 9.97 Å². The van der Waals surface area contributed by atoms with Gasteiger partial charge in [-0.15, -0.1) is 0 Å². The lowest BCUT2D eigenvalue weighted by molar-refractivity contribution is 0.488. The van der Waals surface area contributed by atoms with E-state index in [9.17, 15) is 0 Å². The number of hydrogen-bond acceptors (Lipinski definition) is 5. The number of aromatic nitrogens is 2. The third kappa shape index (κ3) is 3.09. The highest BCUT2D eigenvalue weighted by atomic mass is 32.2. The molecule has 1 atom stereocenters. The lowest BCUT2D eigenvalue weighted by Gasteiger charge is -2.14. The van der Waals surface area contributed by atoms with Crippen LogP contribution in [0.3, 0.4) is 0 Å². The number of hydrogen-bond donors (Lipinski definition) is 1. The minimum Gasteiger partial charge on any atom is -0.431 e. The molecule has 0 bridgehead atoms. The van der Waals surface area contributed by atoms with Crippen LogP contribution in [0.25, 0.3) is 11.1 Å².